The third kappa shape index (κ3) is 5.64. The van der Waals surface area contributed by atoms with Gasteiger partial charge in [0.05, 0.1) is 21.4 Å². The highest BCUT2D eigenvalue weighted by Crippen LogP contribution is 2.48. The summed E-state index contributed by atoms with van der Waals surface area (Å²) in [6, 6.07) is 3.93. The van der Waals surface area contributed by atoms with Crippen molar-refractivity contribution < 1.29 is 35.9 Å². The van der Waals surface area contributed by atoms with Gasteiger partial charge < -0.3 is 20.3 Å². The summed E-state index contributed by atoms with van der Waals surface area (Å²) in [4.78, 5) is 26.2. The Bertz CT molecular complexity index is 2060. The lowest BCUT2D eigenvalue weighted by Gasteiger charge is -2.37. The van der Waals surface area contributed by atoms with E-state index in [-0.39, 0.29) is 75.0 Å². The summed E-state index contributed by atoms with van der Waals surface area (Å²) in [5, 5.41) is 9.22. The van der Waals surface area contributed by atoms with Crippen molar-refractivity contribution in [3.63, 3.8) is 0 Å². The first kappa shape index (κ1) is 34.1. The molecule has 4 aromatic rings. The molecule has 5 heterocycles. The van der Waals surface area contributed by atoms with Crippen molar-refractivity contribution in [2.45, 2.75) is 63.0 Å². The van der Waals surface area contributed by atoms with Crippen LogP contribution in [-0.4, -0.2) is 83.3 Å². The summed E-state index contributed by atoms with van der Waals surface area (Å²) in [5.74, 6) is -2.30. The van der Waals surface area contributed by atoms with Crippen molar-refractivity contribution >= 4 is 49.1 Å². The van der Waals surface area contributed by atoms with Crippen LogP contribution in [0, 0.1) is 23.0 Å². The molecule has 0 saturated carbocycles. The highest BCUT2D eigenvalue weighted by molar-refractivity contribution is 7.23. The minimum Gasteiger partial charge on any atom is -0.461 e. The molecule has 0 unspecified atom stereocenters. The van der Waals surface area contributed by atoms with E-state index in [1.807, 2.05) is 11.0 Å². The van der Waals surface area contributed by atoms with Crippen LogP contribution in [0.5, 0.6) is 6.01 Å². The molecule has 0 bridgehead atoms. The third-order valence-electron chi connectivity index (χ3n) is 10.4. The van der Waals surface area contributed by atoms with E-state index in [1.165, 1.54) is 6.92 Å². The number of thiophene rings is 1. The number of anilines is 2. The standard InChI is InChI=1S/C34H33F6N7O2S/c1-17(48)46-10-6-19(7-11-46)45(2)31-21-12-23(34(38,39)40)26(20-4-5-24(36)29-25(20)22(14-41)30(42)50-29)27(37)28(21)43-32(44-31)49-16-33-8-3-9-47(33)15-18(35)13-33/h4-5,12,18-19H,3,6-11,13,15-16,42H2,1-2H3/t18-,33+/m1/s1. The summed E-state index contributed by atoms with van der Waals surface area (Å²) in [5.41, 5.74) is 1.94. The molecule has 9 nitrogen and oxygen atoms in total. The van der Waals surface area contributed by atoms with Gasteiger partial charge in [0.25, 0.3) is 0 Å². The van der Waals surface area contributed by atoms with Gasteiger partial charge in [-0.25, -0.2) is 13.2 Å². The molecule has 2 aromatic heterocycles. The lowest BCUT2D eigenvalue weighted by molar-refractivity contribution is -0.137. The molecule has 0 aliphatic carbocycles. The Morgan fingerprint density at radius 2 is 1.96 bits per heavy atom. The number of hydrogen-bond acceptors (Lipinski definition) is 9. The summed E-state index contributed by atoms with van der Waals surface area (Å²) in [6.45, 7) is 3.24. The second kappa shape index (κ2) is 12.4. The lowest BCUT2D eigenvalue weighted by atomic mass is 9.92. The fraction of sp³-hybridized carbons (Fsp3) is 0.471. The van der Waals surface area contributed by atoms with Gasteiger partial charge in [-0.05, 0) is 49.9 Å². The second-order valence-electron chi connectivity index (χ2n) is 13.3. The summed E-state index contributed by atoms with van der Waals surface area (Å²) in [7, 11) is 1.64. The number of amides is 1. The van der Waals surface area contributed by atoms with Crippen LogP contribution in [0.2, 0.25) is 0 Å². The van der Waals surface area contributed by atoms with Crippen molar-refractivity contribution in [2.75, 3.05) is 50.5 Å². The number of carbonyl (C=O) groups is 1. The molecule has 2 aromatic carbocycles. The van der Waals surface area contributed by atoms with Crippen LogP contribution >= 0.6 is 11.3 Å². The Hall–Kier alpha value is -4.36. The van der Waals surface area contributed by atoms with Gasteiger partial charge in [-0.15, -0.1) is 11.3 Å². The highest BCUT2D eigenvalue weighted by atomic mass is 32.1. The van der Waals surface area contributed by atoms with Gasteiger partial charge >= 0.3 is 12.2 Å². The molecule has 0 spiro atoms. The molecule has 264 valence electrons. The normalized spacial score (nSPS) is 21.6. The molecule has 1 amide bonds. The SMILES string of the molecule is CC(=O)N1CCC(N(C)c2nc(OC[C@@]34CCCN3C[C@H](F)C4)nc3c(F)c(-c4ccc(F)c5sc(N)c(C#N)c45)c(C(F)(F)F)cc23)CC1. The monoisotopic (exact) mass is 717 g/mol. The van der Waals surface area contributed by atoms with E-state index in [2.05, 4.69) is 9.97 Å². The van der Waals surface area contributed by atoms with E-state index < -0.39 is 46.2 Å². The summed E-state index contributed by atoms with van der Waals surface area (Å²) in [6.07, 6.45) is -3.45. The maximum absolute atomic E-state index is 17.1. The first-order chi connectivity index (χ1) is 23.7. The van der Waals surface area contributed by atoms with Crippen LogP contribution in [-0.2, 0) is 11.0 Å². The van der Waals surface area contributed by atoms with Crippen molar-refractivity contribution in [3.8, 4) is 23.2 Å². The van der Waals surface area contributed by atoms with Crippen LogP contribution in [0.15, 0.2) is 18.2 Å². The minimum absolute atomic E-state index is 0.00745. The Labute approximate surface area is 287 Å². The van der Waals surface area contributed by atoms with Crippen molar-refractivity contribution in [3.05, 3.63) is 41.0 Å². The zero-order chi connectivity index (χ0) is 35.7. The van der Waals surface area contributed by atoms with Gasteiger partial charge in [-0.1, -0.05) is 6.07 Å². The zero-order valence-electron chi connectivity index (χ0n) is 27.2. The second-order valence-corrected chi connectivity index (χ2v) is 14.4. The number of benzene rings is 2. The first-order valence-corrected chi connectivity index (χ1v) is 17.1. The fourth-order valence-electron chi connectivity index (χ4n) is 7.91. The van der Waals surface area contributed by atoms with Gasteiger partial charge in [-0.2, -0.15) is 28.4 Å². The number of rotatable bonds is 6. The number of likely N-dealkylation sites (tertiary alicyclic amines) is 1. The van der Waals surface area contributed by atoms with Gasteiger partial charge in [0.15, 0.2) is 5.82 Å². The van der Waals surface area contributed by atoms with E-state index >= 15 is 4.39 Å². The third-order valence-corrected chi connectivity index (χ3v) is 11.4. The zero-order valence-corrected chi connectivity index (χ0v) is 28.0. The van der Waals surface area contributed by atoms with Gasteiger partial charge in [0, 0.05) is 62.4 Å². The number of nitrogens with two attached hydrogens (primary N) is 1. The predicted molar refractivity (Wildman–Crippen MR) is 177 cm³/mol. The molecule has 7 rings (SSSR count). The smallest absolute Gasteiger partial charge is 0.417 e. The Balaban J connectivity index is 1.42. The number of nitrogen functional groups attached to an aromatic ring is 1. The van der Waals surface area contributed by atoms with Gasteiger partial charge in [0.2, 0.25) is 5.91 Å². The number of ether oxygens (including phenoxy) is 1. The van der Waals surface area contributed by atoms with Crippen LogP contribution in [0.1, 0.15) is 50.2 Å². The van der Waals surface area contributed by atoms with Crippen molar-refractivity contribution in [1.29, 1.82) is 5.26 Å². The Morgan fingerprint density at radius 3 is 2.64 bits per heavy atom. The fourth-order valence-corrected chi connectivity index (χ4v) is 8.86. The number of fused-ring (bicyclic) bond motifs is 3. The Kier molecular flexibility index (Phi) is 8.49. The van der Waals surface area contributed by atoms with Crippen molar-refractivity contribution in [2.24, 2.45) is 0 Å². The van der Waals surface area contributed by atoms with E-state index in [1.54, 1.807) is 16.8 Å². The number of alkyl halides is 4. The predicted octanol–water partition coefficient (Wildman–Crippen LogP) is 6.66. The average molecular weight is 718 g/mol. The van der Waals surface area contributed by atoms with E-state index in [9.17, 15) is 32.0 Å². The van der Waals surface area contributed by atoms with E-state index in [0.29, 0.717) is 50.2 Å². The van der Waals surface area contributed by atoms with Crippen molar-refractivity contribution in [1.82, 2.24) is 19.8 Å². The minimum atomic E-state index is -5.10. The summed E-state index contributed by atoms with van der Waals surface area (Å²) >= 11 is 0.683. The van der Waals surface area contributed by atoms with E-state index in [4.69, 9.17) is 10.5 Å². The van der Waals surface area contributed by atoms with Gasteiger partial charge in [0.1, 0.15) is 41.0 Å². The number of carbonyl (C=O) groups excluding carboxylic acids is 1. The molecule has 2 N–H and O–H groups in total. The molecule has 16 heteroatoms. The quantitative estimate of drug-likeness (QED) is 0.221. The Morgan fingerprint density at radius 1 is 1.22 bits per heavy atom. The number of halogens is 6. The van der Waals surface area contributed by atoms with Crippen LogP contribution < -0.4 is 15.4 Å². The lowest BCUT2D eigenvalue weighted by Crippen LogP contribution is -2.45. The number of nitriles is 1. The number of hydrogen-bond donors (Lipinski definition) is 1. The summed E-state index contributed by atoms with van der Waals surface area (Å²) < 4.78 is 97.3. The molecular formula is C34H33F6N7O2S. The molecule has 2 atom stereocenters. The average Bonchev–Trinajstić information content (AvgIpc) is 3.72. The molecule has 3 aliphatic heterocycles. The molecule has 3 saturated heterocycles. The molecule has 3 fully saturated rings. The van der Waals surface area contributed by atoms with Gasteiger partial charge in [-0.3, -0.25) is 9.69 Å². The molecule has 3 aliphatic rings. The topological polar surface area (TPSA) is 112 Å². The highest BCUT2D eigenvalue weighted by Gasteiger charge is 2.49. The largest absolute Gasteiger partial charge is 0.461 e. The maximum Gasteiger partial charge on any atom is 0.417 e. The van der Waals surface area contributed by atoms with Crippen LogP contribution in [0.4, 0.5) is 37.2 Å². The maximum atomic E-state index is 17.1. The molecule has 0 radical (unpaired) electrons. The van der Waals surface area contributed by atoms with Crippen LogP contribution in [0.3, 0.4) is 0 Å². The first-order valence-electron chi connectivity index (χ1n) is 16.2. The molecular weight excluding hydrogens is 684 g/mol. The number of nitrogens with zero attached hydrogens (tertiary/aromatic N) is 6. The number of aromatic nitrogens is 2. The van der Waals surface area contributed by atoms with E-state index in [0.717, 1.165) is 24.6 Å². The molecule has 50 heavy (non-hydrogen) atoms. The van der Waals surface area contributed by atoms with Crippen LogP contribution in [0.25, 0.3) is 32.1 Å². The number of piperidine rings is 1.